The van der Waals surface area contributed by atoms with Gasteiger partial charge in [0.1, 0.15) is 0 Å². The van der Waals surface area contributed by atoms with E-state index in [2.05, 4.69) is 10.6 Å². The predicted molar refractivity (Wildman–Crippen MR) is 70.5 cm³/mol. The van der Waals surface area contributed by atoms with Crippen LogP contribution < -0.4 is 10.6 Å². The minimum absolute atomic E-state index is 0.185. The number of amides is 2. The largest absolute Gasteiger partial charge is 0.335 e. The third-order valence-corrected chi connectivity index (χ3v) is 3.37. The molecular formula is C13H17ClN2O. The lowest BCUT2D eigenvalue weighted by Crippen LogP contribution is -2.37. The number of aryl methyl sites for hydroxylation is 1. The van der Waals surface area contributed by atoms with E-state index in [4.69, 9.17) is 11.6 Å². The van der Waals surface area contributed by atoms with Crippen molar-refractivity contribution in [3.05, 3.63) is 28.8 Å². The number of anilines is 1. The Morgan fingerprint density at radius 1 is 1.47 bits per heavy atom. The van der Waals surface area contributed by atoms with Gasteiger partial charge < -0.3 is 10.6 Å². The molecule has 1 saturated carbocycles. The van der Waals surface area contributed by atoms with Gasteiger partial charge in [0.2, 0.25) is 0 Å². The van der Waals surface area contributed by atoms with Crippen LogP contribution in [0.15, 0.2) is 18.2 Å². The van der Waals surface area contributed by atoms with Crippen LogP contribution in [0.3, 0.4) is 0 Å². The Kier molecular flexibility index (Phi) is 3.57. The minimum atomic E-state index is -0.185. The van der Waals surface area contributed by atoms with Crippen LogP contribution in [-0.4, -0.2) is 12.1 Å². The standard InChI is InChI=1S/C13H17ClN2O/c1-8-3-6-12(11(14)7-8)16-13(17)15-9(2)10-4-5-10/h3,6-7,9-10H,4-5H2,1-2H3,(H2,15,16,17). The van der Waals surface area contributed by atoms with Gasteiger partial charge in [0, 0.05) is 6.04 Å². The van der Waals surface area contributed by atoms with Crippen LogP contribution in [0, 0.1) is 12.8 Å². The topological polar surface area (TPSA) is 41.1 Å². The lowest BCUT2D eigenvalue weighted by atomic mass is 10.2. The molecule has 0 radical (unpaired) electrons. The van der Waals surface area contributed by atoms with Gasteiger partial charge in [0.05, 0.1) is 10.7 Å². The monoisotopic (exact) mass is 252 g/mol. The van der Waals surface area contributed by atoms with Crippen LogP contribution in [0.5, 0.6) is 0 Å². The first-order valence-electron chi connectivity index (χ1n) is 5.90. The summed E-state index contributed by atoms with van der Waals surface area (Å²) in [7, 11) is 0. The molecule has 0 saturated heterocycles. The fraction of sp³-hybridized carbons (Fsp3) is 0.462. The summed E-state index contributed by atoms with van der Waals surface area (Å²) in [6.45, 7) is 4.00. The number of nitrogens with one attached hydrogen (secondary N) is 2. The maximum absolute atomic E-state index is 11.7. The van der Waals surface area contributed by atoms with Crippen molar-refractivity contribution in [3.8, 4) is 0 Å². The highest BCUT2D eigenvalue weighted by Crippen LogP contribution is 2.32. The van der Waals surface area contributed by atoms with Crippen molar-refractivity contribution in [2.45, 2.75) is 32.7 Å². The molecule has 2 rings (SSSR count). The number of halogens is 1. The van der Waals surface area contributed by atoms with Crippen molar-refractivity contribution in [2.75, 3.05) is 5.32 Å². The quantitative estimate of drug-likeness (QED) is 0.848. The summed E-state index contributed by atoms with van der Waals surface area (Å²) in [6.07, 6.45) is 2.43. The Balaban J connectivity index is 1.92. The molecule has 1 aliphatic carbocycles. The van der Waals surface area contributed by atoms with E-state index in [0.29, 0.717) is 16.6 Å². The van der Waals surface area contributed by atoms with Gasteiger partial charge >= 0.3 is 6.03 Å². The van der Waals surface area contributed by atoms with Gasteiger partial charge in [-0.1, -0.05) is 17.7 Å². The Morgan fingerprint density at radius 3 is 2.76 bits per heavy atom. The molecule has 1 atom stereocenters. The number of urea groups is 1. The Hall–Kier alpha value is -1.22. The van der Waals surface area contributed by atoms with Crippen LogP contribution >= 0.6 is 11.6 Å². The fourth-order valence-corrected chi connectivity index (χ4v) is 2.08. The third kappa shape index (κ3) is 3.37. The van der Waals surface area contributed by atoms with E-state index in [1.54, 1.807) is 0 Å². The van der Waals surface area contributed by atoms with Crippen molar-refractivity contribution in [3.63, 3.8) is 0 Å². The molecule has 0 heterocycles. The number of hydrogen-bond acceptors (Lipinski definition) is 1. The van der Waals surface area contributed by atoms with E-state index in [-0.39, 0.29) is 12.1 Å². The van der Waals surface area contributed by atoms with E-state index in [1.165, 1.54) is 12.8 Å². The molecule has 1 aromatic carbocycles. The van der Waals surface area contributed by atoms with Gasteiger partial charge in [-0.25, -0.2) is 4.79 Å². The highest BCUT2D eigenvalue weighted by Gasteiger charge is 2.28. The average molecular weight is 253 g/mol. The maximum Gasteiger partial charge on any atom is 0.319 e. The second kappa shape index (κ2) is 4.96. The SMILES string of the molecule is Cc1ccc(NC(=O)NC(C)C2CC2)c(Cl)c1. The summed E-state index contributed by atoms with van der Waals surface area (Å²) in [5, 5.41) is 6.26. The molecule has 1 aromatic rings. The van der Waals surface area contributed by atoms with Crippen molar-refractivity contribution in [2.24, 2.45) is 5.92 Å². The summed E-state index contributed by atoms with van der Waals surface area (Å²) < 4.78 is 0. The van der Waals surface area contributed by atoms with E-state index in [1.807, 2.05) is 32.0 Å². The molecule has 0 aliphatic heterocycles. The fourth-order valence-electron chi connectivity index (χ4n) is 1.80. The van der Waals surface area contributed by atoms with E-state index < -0.39 is 0 Å². The maximum atomic E-state index is 11.7. The molecule has 1 fully saturated rings. The molecule has 1 unspecified atom stereocenters. The van der Waals surface area contributed by atoms with Gasteiger partial charge in [-0.2, -0.15) is 0 Å². The second-order valence-electron chi connectivity index (χ2n) is 4.71. The van der Waals surface area contributed by atoms with E-state index in [0.717, 1.165) is 5.56 Å². The molecule has 3 nitrogen and oxygen atoms in total. The van der Waals surface area contributed by atoms with Crippen LogP contribution in [-0.2, 0) is 0 Å². The zero-order chi connectivity index (χ0) is 12.4. The van der Waals surface area contributed by atoms with E-state index >= 15 is 0 Å². The first-order chi connectivity index (χ1) is 8.06. The van der Waals surface area contributed by atoms with Gasteiger partial charge in [-0.15, -0.1) is 0 Å². The summed E-state index contributed by atoms with van der Waals surface area (Å²) >= 11 is 6.04. The third-order valence-electron chi connectivity index (χ3n) is 3.06. The number of carbonyl (C=O) groups excluding carboxylic acids is 1. The number of rotatable bonds is 3. The van der Waals surface area contributed by atoms with Crippen LogP contribution in [0.4, 0.5) is 10.5 Å². The number of benzene rings is 1. The summed E-state index contributed by atoms with van der Waals surface area (Å²) in [5.41, 5.74) is 1.73. The lowest BCUT2D eigenvalue weighted by molar-refractivity contribution is 0.248. The lowest BCUT2D eigenvalue weighted by Gasteiger charge is -2.14. The summed E-state index contributed by atoms with van der Waals surface area (Å²) in [6, 6.07) is 5.63. The molecular weight excluding hydrogens is 236 g/mol. The van der Waals surface area contributed by atoms with Crippen LogP contribution in [0.2, 0.25) is 5.02 Å². The smallest absolute Gasteiger partial charge is 0.319 e. The van der Waals surface area contributed by atoms with Crippen molar-refractivity contribution >= 4 is 23.3 Å². The average Bonchev–Trinajstić information content (AvgIpc) is 3.05. The molecule has 17 heavy (non-hydrogen) atoms. The molecule has 2 amide bonds. The van der Waals surface area contributed by atoms with Gasteiger partial charge in [0.25, 0.3) is 0 Å². The highest BCUT2D eigenvalue weighted by molar-refractivity contribution is 6.33. The first-order valence-corrected chi connectivity index (χ1v) is 6.27. The molecule has 0 bridgehead atoms. The van der Waals surface area contributed by atoms with Gasteiger partial charge in [0.15, 0.2) is 0 Å². The Morgan fingerprint density at radius 2 is 2.18 bits per heavy atom. The Bertz CT molecular complexity index is 429. The van der Waals surface area contributed by atoms with Crippen molar-refractivity contribution in [1.82, 2.24) is 5.32 Å². The molecule has 1 aliphatic rings. The van der Waals surface area contributed by atoms with E-state index in [9.17, 15) is 4.79 Å². The van der Waals surface area contributed by atoms with Crippen molar-refractivity contribution < 1.29 is 4.79 Å². The van der Waals surface area contributed by atoms with Gasteiger partial charge in [-0.3, -0.25) is 0 Å². The zero-order valence-corrected chi connectivity index (χ0v) is 10.8. The minimum Gasteiger partial charge on any atom is -0.335 e. The molecule has 0 spiro atoms. The highest BCUT2D eigenvalue weighted by atomic mass is 35.5. The molecule has 4 heteroatoms. The molecule has 2 N–H and O–H groups in total. The summed E-state index contributed by atoms with van der Waals surface area (Å²) in [4.78, 5) is 11.7. The van der Waals surface area contributed by atoms with Crippen LogP contribution in [0.1, 0.15) is 25.3 Å². The molecule has 0 aromatic heterocycles. The first kappa shape index (κ1) is 12.2. The zero-order valence-electron chi connectivity index (χ0n) is 10.1. The number of hydrogen-bond donors (Lipinski definition) is 2. The normalized spacial score (nSPS) is 16.4. The number of carbonyl (C=O) groups is 1. The Labute approximate surface area is 107 Å². The van der Waals surface area contributed by atoms with Crippen molar-refractivity contribution in [1.29, 1.82) is 0 Å². The predicted octanol–water partition coefficient (Wildman–Crippen LogP) is 3.57. The van der Waals surface area contributed by atoms with Crippen LogP contribution in [0.25, 0.3) is 0 Å². The summed E-state index contributed by atoms with van der Waals surface area (Å²) in [5.74, 6) is 0.647. The molecule has 92 valence electrons. The van der Waals surface area contributed by atoms with Gasteiger partial charge in [-0.05, 0) is 50.3 Å². The second-order valence-corrected chi connectivity index (χ2v) is 5.12.